The van der Waals surface area contributed by atoms with Crippen molar-refractivity contribution in [2.24, 2.45) is 0 Å². The maximum atomic E-state index is 13.9. The highest BCUT2D eigenvalue weighted by atomic mass is 19.1. The summed E-state index contributed by atoms with van der Waals surface area (Å²) in [7, 11) is 1.70. The molecule has 0 aliphatic carbocycles. The van der Waals surface area contributed by atoms with E-state index in [2.05, 4.69) is 20.3 Å². The number of carbonyl (C=O) groups excluding carboxylic acids is 1. The number of halogens is 1. The largest absolute Gasteiger partial charge is 0.326 e. The molecule has 8 heteroatoms. The van der Waals surface area contributed by atoms with Crippen molar-refractivity contribution < 1.29 is 9.18 Å². The first-order valence-electron chi connectivity index (χ1n) is 8.19. The lowest BCUT2D eigenvalue weighted by Crippen LogP contribution is -2.42. The zero-order valence-electron chi connectivity index (χ0n) is 14.0. The fourth-order valence-corrected chi connectivity index (χ4v) is 2.94. The average Bonchev–Trinajstić information content (AvgIpc) is 2.95. The lowest BCUT2D eigenvalue weighted by Gasteiger charge is -2.27. The van der Waals surface area contributed by atoms with Crippen LogP contribution < -0.4 is 5.32 Å². The smallest absolute Gasteiger partial charge is 0.322 e. The second-order valence-corrected chi connectivity index (χ2v) is 6.11. The molecule has 0 bridgehead atoms. The Balaban J connectivity index is 1.58. The molecule has 1 saturated heterocycles. The fourth-order valence-electron chi connectivity index (χ4n) is 2.94. The topological polar surface area (TPSA) is 74.2 Å². The Labute approximate surface area is 145 Å². The summed E-state index contributed by atoms with van der Waals surface area (Å²) in [5.41, 5.74) is 0. The van der Waals surface area contributed by atoms with E-state index < -0.39 is 6.17 Å². The number of urea groups is 1. The lowest BCUT2D eigenvalue weighted by molar-refractivity contribution is 0.180. The Morgan fingerprint density at radius 1 is 1.28 bits per heavy atom. The standard InChI is InChI=1S/C17H21FN6O/c1-23(17(25)22-15-5-2-3-6-19-15)11-14-9-13(18)10-24(14)12-16-20-7-4-8-21-16/h2-8,13-14H,9-12H2,1H3,(H,19,22,25)/t13-,14-/m0/s1. The highest BCUT2D eigenvalue weighted by Crippen LogP contribution is 2.22. The predicted molar refractivity (Wildman–Crippen MR) is 91.6 cm³/mol. The SMILES string of the molecule is CN(C[C@@H]1C[C@H](F)CN1Cc1ncccn1)C(=O)Nc1ccccn1. The number of hydrogen-bond acceptors (Lipinski definition) is 5. The van der Waals surface area contributed by atoms with E-state index in [1.807, 2.05) is 4.90 Å². The Hall–Kier alpha value is -2.61. The van der Waals surface area contributed by atoms with E-state index in [0.717, 1.165) is 0 Å². The number of pyridine rings is 1. The summed E-state index contributed by atoms with van der Waals surface area (Å²) in [6, 6.07) is 6.71. The van der Waals surface area contributed by atoms with Gasteiger partial charge in [-0.2, -0.15) is 0 Å². The van der Waals surface area contributed by atoms with Gasteiger partial charge in [0.05, 0.1) is 6.54 Å². The number of aromatic nitrogens is 3. The van der Waals surface area contributed by atoms with Crippen LogP contribution in [0.3, 0.4) is 0 Å². The first kappa shape index (κ1) is 17.2. The molecule has 25 heavy (non-hydrogen) atoms. The quantitative estimate of drug-likeness (QED) is 0.897. The molecule has 0 unspecified atom stereocenters. The first-order valence-corrected chi connectivity index (χ1v) is 8.19. The van der Waals surface area contributed by atoms with Crippen LogP contribution in [0.4, 0.5) is 15.0 Å². The van der Waals surface area contributed by atoms with Gasteiger partial charge in [0.2, 0.25) is 0 Å². The first-order chi connectivity index (χ1) is 12.1. The number of hydrogen-bond donors (Lipinski definition) is 1. The Morgan fingerprint density at radius 3 is 2.76 bits per heavy atom. The van der Waals surface area contributed by atoms with Crippen LogP contribution in [0, 0.1) is 0 Å². The summed E-state index contributed by atoms with van der Waals surface area (Å²) in [5, 5.41) is 2.73. The van der Waals surface area contributed by atoms with Crippen LogP contribution >= 0.6 is 0 Å². The number of likely N-dealkylation sites (tertiary alicyclic amines) is 1. The second kappa shape index (κ2) is 7.98. The zero-order valence-corrected chi connectivity index (χ0v) is 14.0. The molecule has 2 aromatic heterocycles. The van der Waals surface area contributed by atoms with Gasteiger partial charge in [-0.25, -0.2) is 24.1 Å². The van der Waals surface area contributed by atoms with Gasteiger partial charge in [0.25, 0.3) is 0 Å². The molecule has 132 valence electrons. The zero-order chi connectivity index (χ0) is 17.6. The van der Waals surface area contributed by atoms with Crippen molar-refractivity contribution in [3.8, 4) is 0 Å². The molecule has 2 atom stereocenters. The van der Waals surface area contributed by atoms with Crippen molar-refractivity contribution in [3.63, 3.8) is 0 Å². The number of alkyl halides is 1. The van der Waals surface area contributed by atoms with Crippen LogP contribution in [-0.4, -0.2) is 63.1 Å². The Morgan fingerprint density at radius 2 is 2.04 bits per heavy atom. The maximum Gasteiger partial charge on any atom is 0.322 e. The van der Waals surface area contributed by atoms with E-state index in [1.165, 1.54) is 0 Å². The number of likely N-dealkylation sites (N-methyl/N-ethyl adjacent to an activating group) is 1. The van der Waals surface area contributed by atoms with Crippen LogP contribution in [0.2, 0.25) is 0 Å². The molecule has 1 N–H and O–H groups in total. The molecule has 0 spiro atoms. The predicted octanol–water partition coefficient (Wildman–Crippen LogP) is 1.95. The summed E-state index contributed by atoms with van der Waals surface area (Å²) < 4.78 is 13.9. The third kappa shape index (κ3) is 4.69. The second-order valence-electron chi connectivity index (χ2n) is 6.11. The van der Waals surface area contributed by atoms with Crippen molar-refractivity contribution in [1.82, 2.24) is 24.8 Å². The fraction of sp³-hybridized carbons (Fsp3) is 0.412. The van der Waals surface area contributed by atoms with Crippen LogP contribution in [0.1, 0.15) is 12.2 Å². The van der Waals surface area contributed by atoms with Crippen LogP contribution in [0.25, 0.3) is 0 Å². The average molecular weight is 344 g/mol. The molecule has 3 heterocycles. The lowest BCUT2D eigenvalue weighted by atomic mass is 10.2. The number of nitrogens with one attached hydrogen (secondary N) is 1. The third-order valence-corrected chi connectivity index (χ3v) is 4.17. The highest BCUT2D eigenvalue weighted by Gasteiger charge is 2.33. The van der Waals surface area contributed by atoms with E-state index in [0.29, 0.717) is 37.7 Å². The molecule has 0 saturated carbocycles. The minimum atomic E-state index is -0.902. The van der Waals surface area contributed by atoms with Crippen molar-refractivity contribution in [2.75, 3.05) is 25.5 Å². The van der Waals surface area contributed by atoms with Gasteiger partial charge in [-0.15, -0.1) is 0 Å². The summed E-state index contributed by atoms with van der Waals surface area (Å²) >= 11 is 0. The molecule has 1 fully saturated rings. The van der Waals surface area contributed by atoms with Crippen LogP contribution in [0.15, 0.2) is 42.9 Å². The molecule has 7 nitrogen and oxygen atoms in total. The summed E-state index contributed by atoms with van der Waals surface area (Å²) in [6.45, 7) is 1.23. The molecule has 3 rings (SSSR count). The van der Waals surface area contributed by atoms with Gasteiger partial charge in [0, 0.05) is 44.8 Å². The van der Waals surface area contributed by atoms with Gasteiger partial charge in [-0.05, 0) is 24.6 Å². The monoisotopic (exact) mass is 344 g/mol. The maximum absolute atomic E-state index is 13.9. The van der Waals surface area contributed by atoms with Crippen LogP contribution in [-0.2, 0) is 6.54 Å². The Kier molecular flexibility index (Phi) is 5.49. The minimum Gasteiger partial charge on any atom is -0.326 e. The van der Waals surface area contributed by atoms with E-state index in [9.17, 15) is 9.18 Å². The molecule has 1 aliphatic rings. The van der Waals surface area contributed by atoms with Crippen molar-refractivity contribution >= 4 is 11.8 Å². The number of rotatable bonds is 5. The summed E-state index contributed by atoms with van der Waals surface area (Å²) in [6.07, 6.45) is 4.45. The van der Waals surface area contributed by atoms with Gasteiger partial charge in [0.15, 0.2) is 0 Å². The molecule has 2 amide bonds. The normalized spacial score (nSPS) is 20.4. The van der Waals surface area contributed by atoms with E-state index in [1.54, 1.807) is 54.8 Å². The molecule has 2 aromatic rings. The molecular weight excluding hydrogens is 323 g/mol. The number of amides is 2. The minimum absolute atomic E-state index is 0.0710. The van der Waals surface area contributed by atoms with Crippen molar-refractivity contribution in [1.29, 1.82) is 0 Å². The highest BCUT2D eigenvalue weighted by molar-refractivity contribution is 5.88. The van der Waals surface area contributed by atoms with Gasteiger partial charge in [-0.1, -0.05) is 6.07 Å². The number of carbonyl (C=O) groups is 1. The molecule has 0 radical (unpaired) electrons. The third-order valence-electron chi connectivity index (χ3n) is 4.17. The molecular formula is C17H21FN6O. The van der Waals surface area contributed by atoms with E-state index in [4.69, 9.17) is 0 Å². The van der Waals surface area contributed by atoms with Gasteiger partial charge in [0.1, 0.15) is 17.8 Å². The van der Waals surface area contributed by atoms with E-state index in [-0.39, 0.29) is 12.1 Å². The van der Waals surface area contributed by atoms with Gasteiger partial charge < -0.3 is 4.90 Å². The molecule has 1 aliphatic heterocycles. The number of anilines is 1. The van der Waals surface area contributed by atoms with Crippen molar-refractivity contribution in [2.45, 2.75) is 25.2 Å². The van der Waals surface area contributed by atoms with E-state index >= 15 is 0 Å². The summed E-state index contributed by atoms with van der Waals surface area (Å²) in [4.78, 5) is 28.3. The van der Waals surface area contributed by atoms with Crippen LogP contribution in [0.5, 0.6) is 0 Å². The molecule has 0 aromatic carbocycles. The van der Waals surface area contributed by atoms with Crippen molar-refractivity contribution in [3.05, 3.63) is 48.7 Å². The van der Waals surface area contributed by atoms with Gasteiger partial charge >= 0.3 is 6.03 Å². The Bertz CT molecular complexity index is 686. The summed E-state index contributed by atoms with van der Waals surface area (Å²) in [5.74, 6) is 1.14. The van der Waals surface area contributed by atoms with Gasteiger partial charge in [-0.3, -0.25) is 10.2 Å². The number of nitrogens with zero attached hydrogens (tertiary/aromatic N) is 5.